The molecule has 9 aromatic rings. The van der Waals surface area contributed by atoms with Crippen molar-refractivity contribution < 1.29 is 0 Å². The first-order valence-electron chi connectivity index (χ1n) is 16.2. The SMILES string of the molecule is c1ccc(-c2ccc3[se]c4ccccc4c3c2-c2c(-c3ccccn3)cccc2-c2nnnc(-c3ccccc3)c2-c2ccccc2)cc1. The number of pyridine rings is 1. The molecule has 0 aliphatic carbocycles. The van der Waals surface area contributed by atoms with Gasteiger partial charge in [-0.2, -0.15) is 0 Å². The zero-order chi connectivity index (χ0) is 32.6. The van der Waals surface area contributed by atoms with Gasteiger partial charge in [0.1, 0.15) is 0 Å². The van der Waals surface area contributed by atoms with E-state index in [-0.39, 0.29) is 14.5 Å². The van der Waals surface area contributed by atoms with Gasteiger partial charge in [-0.15, -0.1) is 0 Å². The molecule has 4 nitrogen and oxygen atoms in total. The van der Waals surface area contributed by atoms with Crippen molar-refractivity contribution in [3.8, 4) is 67.2 Å². The first-order chi connectivity index (χ1) is 24.3. The van der Waals surface area contributed by atoms with Crippen molar-refractivity contribution in [2.24, 2.45) is 0 Å². The van der Waals surface area contributed by atoms with E-state index in [1.807, 2.05) is 36.5 Å². The van der Waals surface area contributed by atoms with Gasteiger partial charge in [0.05, 0.1) is 0 Å². The van der Waals surface area contributed by atoms with Gasteiger partial charge in [-0.1, -0.05) is 0 Å². The van der Waals surface area contributed by atoms with Gasteiger partial charge < -0.3 is 0 Å². The van der Waals surface area contributed by atoms with Gasteiger partial charge in [0.25, 0.3) is 0 Å². The van der Waals surface area contributed by atoms with Gasteiger partial charge in [0.2, 0.25) is 0 Å². The van der Waals surface area contributed by atoms with Crippen LogP contribution in [0.3, 0.4) is 0 Å². The third kappa shape index (κ3) is 5.17. The Bertz CT molecular complexity index is 2580. The molecule has 3 aromatic heterocycles. The second kappa shape index (κ2) is 12.6. The van der Waals surface area contributed by atoms with Gasteiger partial charge >= 0.3 is 291 Å². The third-order valence-corrected chi connectivity index (χ3v) is 11.4. The molecule has 0 unspecified atom stereocenters. The molecular formula is C44H28N4Se. The Hall–Kier alpha value is -6.00. The van der Waals surface area contributed by atoms with Crippen LogP contribution in [0, 0.1) is 0 Å². The first-order valence-corrected chi connectivity index (χ1v) is 18.0. The quantitative estimate of drug-likeness (QED) is 0.163. The summed E-state index contributed by atoms with van der Waals surface area (Å²) in [6.07, 6.45) is 1.87. The van der Waals surface area contributed by atoms with Gasteiger partial charge in [0.15, 0.2) is 0 Å². The fourth-order valence-corrected chi connectivity index (χ4v) is 9.21. The van der Waals surface area contributed by atoms with Gasteiger partial charge in [-0.25, -0.2) is 0 Å². The Morgan fingerprint density at radius 1 is 0.388 bits per heavy atom. The molecule has 0 amide bonds. The predicted octanol–water partition coefficient (Wildman–Crippen LogP) is 10.6. The van der Waals surface area contributed by atoms with Crippen molar-refractivity contribution in [1.29, 1.82) is 0 Å². The molecule has 0 aliphatic heterocycles. The number of aromatic nitrogens is 4. The average molecular weight is 692 g/mol. The predicted molar refractivity (Wildman–Crippen MR) is 202 cm³/mol. The van der Waals surface area contributed by atoms with Crippen LogP contribution in [0.4, 0.5) is 0 Å². The molecule has 3 heterocycles. The number of hydrogen-bond donors (Lipinski definition) is 0. The Balaban J connectivity index is 1.47. The third-order valence-electron chi connectivity index (χ3n) is 9.01. The summed E-state index contributed by atoms with van der Waals surface area (Å²) in [5.74, 6) is 0. The van der Waals surface area contributed by atoms with Crippen LogP contribution < -0.4 is 0 Å². The molecule has 0 saturated carbocycles. The summed E-state index contributed by atoms with van der Waals surface area (Å²) >= 11 is 0.183. The Morgan fingerprint density at radius 2 is 1.04 bits per heavy atom. The molecule has 0 N–H and O–H groups in total. The molecule has 230 valence electrons. The van der Waals surface area contributed by atoms with Crippen molar-refractivity contribution in [3.63, 3.8) is 0 Å². The fourth-order valence-electron chi connectivity index (χ4n) is 6.88. The summed E-state index contributed by atoms with van der Waals surface area (Å²) in [5.41, 5.74) is 12.1. The van der Waals surface area contributed by atoms with Crippen LogP contribution in [0.2, 0.25) is 0 Å². The van der Waals surface area contributed by atoms with Crippen LogP contribution in [0.25, 0.3) is 86.4 Å². The summed E-state index contributed by atoms with van der Waals surface area (Å²) in [4.78, 5) is 4.91. The van der Waals surface area contributed by atoms with Crippen molar-refractivity contribution >= 4 is 33.8 Å². The number of benzene rings is 6. The summed E-state index contributed by atoms with van der Waals surface area (Å²) in [6, 6.07) is 57.5. The van der Waals surface area contributed by atoms with Gasteiger partial charge in [-0.05, 0) is 0 Å². The molecule has 0 saturated heterocycles. The molecule has 5 heteroatoms. The van der Waals surface area contributed by atoms with Crippen molar-refractivity contribution in [2.45, 2.75) is 0 Å². The number of hydrogen-bond acceptors (Lipinski definition) is 4. The monoisotopic (exact) mass is 692 g/mol. The van der Waals surface area contributed by atoms with Crippen LogP contribution in [-0.2, 0) is 0 Å². The van der Waals surface area contributed by atoms with Crippen molar-refractivity contribution in [3.05, 3.63) is 170 Å². The number of rotatable bonds is 6. The second-order valence-electron chi connectivity index (χ2n) is 11.9. The second-order valence-corrected chi connectivity index (χ2v) is 14.1. The molecule has 6 aromatic carbocycles. The summed E-state index contributed by atoms with van der Waals surface area (Å²) in [7, 11) is 0. The fraction of sp³-hybridized carbons (Fsp3) is 0. The van der Waals surface area contributed by atoms with Crippen LogP contribution >= 0.6 is 0 Å². The summed E-state index contributed by atoms with van der Waals surface area (Å²) < 4.78 is 2.77. The minimum absolute atomic E-state index is 0.183. The van der Waals surface area contributed by atoms with E-state index in [4.69, 9.17) is 10.1 Å². The van der Waals surface area contributed by atoms with E-state index in [1.54, 1.807) is 0 Å². The summed E-state index contributed by atoms with van der Waals surface area (Å²) in [5, 5.41) is 16.6. The van der Waals surface area contributed by atoms with Gasteiger partial charge in [0, 0.05) is 0 Å². The van der Waals surface area contributed by atoms with Crippen LogP contribution in [0.5, 0.6) is 0 Å². The van der Waals surface area contributed by atoms with E-state index >= 15 is 0 Å². The van der Waals surface area contributed by atoms with Crippen molar-refractivity contribution in [1.82, 2.24) is 20.4 Å². The number of fused-ring (bicyclic) bond motifs is 3. The zero-order valence-corrected chi connectivity index (χ0v) is 28.1. The molecule has 0 bridgehead atoms. The summed E-state index contributed by atoms with van der Waals surface area (Å²) in [6.45, 7) is 0. The van der Waals surface area contributed by atoms with Crippen LogP contribution in [-0.4, -0.2) is 34.9 Å². The molecule has 0 fully saturated rings. The normalized spacial score (nSPS) is 11.3. The van der Waals surface area contributed by atoms with Crippen molar-refractivity contribution in [2.75, 3.05) is 0 Å². The van der Waals surface area contributed by atoms with E-state index in [9.17, 15) is 0 Å². The van der Waals surface area contributed by atoms with Crippen LogP contribution in [0.1, 0.15) is 0 Å². The van der Waals surface area contributed by atoms with E-state index in [1.165, 1.54) is 30.4 Å². The molecule has 0 spiro atoms. The van der Waals surface area contributed by atoms with Gasteiger partial charge in [-0.3, -0.25) is 0 Å². The van der Waals surface area contributed by atoms with E-state index in [0.717, 1.165) is 56.0 Å². The Morgan fingerprint density at radius 3 is 1.80 bits per heavy atom. The molecule has 0 atom stereocenters. The molecule has 49 heavy (non-hydrogen) atoms. The zero-order valence-electron chi connectivity index (χ0n) is 26.4. The molecule has 9 rings (SSSR count). The maximum atomic E-state index is 4.91. The Labute approximate surface area is 290 Å². The van der Waals surface area contributed by atoms with Crippen LogP contribution in [0.15, 0.2) is 170 Å². The minimum atomic E-state index is 0.183. The number of nitrogens with zero attached hydrogens (tertiary/aromatic N) is 4. The molecule has 0 radical (unpaired) electrons. The average Bonchev–Trinajstić information content (AvgIpc) is 3.57. The van der Waals surface area contributed by atoms with E-state index < -0.39 is 0 Å². The van der Waals surface area contributed by atoms with E-state index in [2.05, 4.69) is 144 Å². The topological polar surface area (TPSA) is 51.6 Å². The first kappa shape index (κ1) is 29.2. The van der Waals surface area contributed by atoms with E-state index in [0.29, 0.717) is 0 Å². The maximum absolute atomic E-state index is 4.91. The molecular weight excluding hydrogens is 663 g/mol. The Kier molecular flexibility index (Phi) is 7.47. The molecule has 0 aliphatic rings. The standard InChI is InChI=1S/C44H28N4Se/c1-4-15-29(16-5-1)32-26-27-38-41(34-21-10-11-25-37(34)49-38)42(32)40-33(36-24-12-13-28-45-36)22-14-23-35(40)44-39(30-17-6-2-7-18-30)43(46-48-47-44)31-19-8-3-9-20-31/h1-28H.